The van der Waals surface area contributed by atoms with Crippen LogP contribution in [0.1, 0.15) is 103 Å². The van der Waals surface area contributed by atoms with Gasteiger partial charge in [0.05, 0.1) is 19.8 Å². The van der Waals surface area contributed by atoms with Crippen LogP contribution in [0, 0.1) is 5.92 Å². The monoisotopic (exact) mass is 803 g/mol. The number of phenolic OH excluding ortho intramolecular Hbond substituents is 1. The summed E-state index contributed by atoms with van der Waals surface area (Å²) < 4.78 is 18.3. The van der Waals surface area contributed by atoms with Crippen LogP contribution in [0.15, 0.2) is 115 Å². The molecule has 1 aliphatic carbocycles. The fraction of sp³-hybridized carbons (Fsp3) is 0.435. The fourth-order valence-corrected chi connectivity index (χ4v) is 9.98. The van der Waals surface area contributed by atoms with Crippen LogP contribution in [0.3, 0.4) is 0 Å². The van der Waals surface area contributed by atoms with Crippen molar-refractivity contribution in [3.8, 4) is 11.5 Å². The van der Waals surface area contributed by atoms with Crippen LogP contribution < -0.4 is 10.1 Å². The maximum Gasteiger partial charge on any atom is 0.250 e. The van der Waals surface area contributed by atoms with Crippen molar-refractivity contribution in [2.75, 3.05) is 19.5 Å². The highest BCUT2D eigenvalue weighted by atomic mass is 33.1. The molecule has 2 aliphatic rings. The molecule has 0 aromatic heterocycles. The Hall–Kier alpha value is -4.12. The number of aliphatic hydroxyl groups is 1. The number of imide groups is 1. The lowest BCUT2D eigenvalue weighted by Crippen LogP contribution is -2.31. The van der Waals surface area contributed by atoms with Crippen LogP contribution in [0.25, 0.3) is 0 Å². The molecule has 1 saturated heterocycles. The molecule has 3 aromatic rings. The van der Waals surface area contributed by atoms with E-state index in [0.29, 0.717) is 11.2 Å². The second-order valence-electron chi connectivity index (χ2n) is 14.3. The molecule has 3 N–H and O–H groups in total. The summed E-state index contributed by atoms with van der Waals surface area (Å²) in [4.78, 5) is 21.5. The molecule has 0 radical (unpaired) electrons. The highest BCUT2D eigenvalue weighted by molar-refractivity contribution is 8.77. The van der Waals surface area contributed by atoms with Gasteiger partial charge in [-0.3, -0.25) is 14.9 Å². The Morgan fingerprint density at radius 2 is 1.66 bits per heavy atom. The van der Waals surface area contributed by atoms with Crippen molar-refractivity contribution in [3.05, 3.63) is 132 Å². The number of hydrogen-bond acceptors (Lipinski definition) is 9. The molecule has 1 heterocycles. The van der Waals surface area contributed by atoms with Gasteiger partial charge < -0.3 is 24.4 Å². The SMILES string of the molecule is C/C=C\C(=O)NC(=O)CCC.C=C1CC(C)CC(CC)(SSCCO)C1.COc1ccc(C(O/C=C2/CCC(C)O2)(c2ccccc2)c2ccc(O)cc2)cc1. The van der Waals surface area contributed by atoms with Gasteiger partial charge in [-0.1, -0.05) is 115 Å². The number of methoxy groups -OCH3 is 1. The minimum absolute atomic E-state index is 0.195. The summed E-state index contributed by atoms with van der Waals surface area (Å²) >= 11 is 0. The number of carbonyl (C=O) groups is 2. The van der Waals surface area contributed by atoms with Crippen LogP contribution in [0.2, 0.25) is 0 Å². The molecule has 4 unspecified atom stereocenters. The third-order valence-electron chi connectivity index (χ3n) is 9.51. The zero-order chi connectivity index (χ0) is 41.0. The van der Waals surface area contributed by atoms with Crippen molar-refractivity contribution in [3.63, 3.8) is 0 Å². The van der Waals surface area contributed by atoms with E-state index in [4.69, 9.17) is 19.3 Å². The van der Waals surface area contributed by atoms with Crippen molar-refractivity contribution >= 4 is 33.4 Å². The molecule has 1 saturated carbocycles. The third-order valence-corrected chi connectivity index (χ3v) is 12.8. The minimum atomic E-state index is -0.913. The normalized spacial score (nSPS) is 20.8. The van der Waals surface area contributed by atoms with E-state index < -0.39 is 5.60 Å². The fourth-order valence-electron chi connectivity index (χ4n) is 6.88. The first kappa shape index (κ1) is 46.3. The van der Waals surface area contributed by atoms with Crippen molar-refractivity contribution < 1.29 is 34.0 Å². The Morgan fingerprint density at radius 1 is 1.02 bits per heavy atom. The quantitative estimate of drug-likeness (QED) is 0.0366. The number of allylic oxidation sites excluding steroid dienone is 3. The van der Waals surface area contributed by atoms with Crippen LogP contribution in [-0.2, 0) is 24.7 Å². The van der Waals surface area contributed by atoms with Crippen LogP contribution >= 0.6 is 21.6 Å². The molecule has 10 heteroatoms. The summed E-state index contributed by atoms with van der Waals surface area (Å²) in [5.74, 6) is 2.89. The lowest BCUT2D eigenvalue weighted by molar-refractivity contribution is -0.128. The zero-order valence-electron chi connectivity index (χ0n) is 33.9. The number of rotatable bonds is 14. The number of hydrogen-bond donors (Lipinski definition) is 3. The van der Waals surface area contributed by atoms with E-state index in [9.17, 15) is 14.7 Å². The van der Waals surface area contributed by atoms with E-state index in [1.807, 2.05) is 95.2 Å². The van der Waals surface area contributed by atoms with E-state index in [1.165, 1.54) is 30.9 Å². The van der Waals surface area contributed by atoms with Gasteiger partial charge in [0.15, 0.2) is 5.60 Å². The number of carbonyl (C=O) groups excluding carboxylic acids is 2. The molecule has 2 amide bonds. The zero-order valence-corrected chi connectivity index (χ0v) is 35.6. The molecule has 56 heavy (non-hydrogen) atoms. The predicted octanol–water partition coefficient (Wildman–Crippen LogP) is 10.6. The lowest BCUT2D eigenvalue weighted by Gasteiger charge is -2.39. The van der Waals surface area contributed by atoms with E-state index in [0.717, 1.165) is 65.6 Å². The number of nitrogens with one attached hydrogen (secondary N) is 1. The summed E-state index contributed by atoms with van der Waals surface area (Å²) in [6, 6.07) is 25.1. The number of aromatic hydroxyl groups is 1. The second-order valence-corrected chi connectivity index (χ2v) is 17.1. The molecule has 0 spiro atoms. The summed E-state index contributed by atoms with van der Waals surface area (Å²) in [6.07, 6.45) is 12.7. The predicted molar refractivity (Wildman–Crippen MR) is 232 cm³/mol. The Bertz CT molecular complexity index is 1710. The van der Waals surface area contributed by atoms with Crippen LogP contribution in [0.4, 0.5) is 0 Å². The van der Waals surface area contributed by atoms with Crippen molar-refractivity contribution in [1.29, 1.82) is 0 Å². The van der Waals surface area contributed by atoms with Gasteiger partial charge in [-0.2, -0.15) is 0 Å². The van der Waals surface area contributed by atoms with Crippen molar-refractivity contribution in [2.24, 2.45) is 5.92 Å². The molecule has 4 atom stereocenters. The molecule has 8 nitrogen and oxygen atoms in total. The Morgan fingerprint density at radius 3 is 2.20 bits per heavy atom. The van der Waals surface area contributed by atoms with Gasteiger partial charge in [-0.15, -0.1) is 0 Å². The number of ether oxygens (including phenoxy) is 3. The van der Waals surface area contributed by atoms with Gasteiger partial charge in [-0.25, -0.2) is 0 Å². The summed E-state index contributed by atoms with van der Waals surface area (Å²) in [6.45, 7) is 14.7. The van der Waals surface area contributed by atoms with Crippen LogP contribution in [-0.4, -0.2) is 52.3 Å². The molecule has 5 rings (SSSR count). The van der Waals surface area contributed by atoms with Gasteiger partial charge >= 0.3 is 0 Å². The number of benzene rings is 3. The highest BCUT2D eigenvalue weighted by Gasteiger charge is 2.39. The third kappa shape index (κ3) is 14.1. The molecular weight excluding hydrogens is 743 g/mol. The van der Waals surface area contributed by atoms with E-state index in [1.54, 1.807) is 38.5 Å². The average Bonchev–Trinajstić information content (AvgIpc) is 3.61. The first-order valence-corrected chi connectivity index (χ1v) is 21.8. The summed E-state index contributed by atoms with van der Waals surface area (Å²) in [7, 11) is 5.44. The van der Waals surface area contributed by atoms with E-state index >= 15 is 0 Å². The molecule has 3 aromatic carbocycles. The number of aliphatic hydroxyl groups excluding tert-OH is 1. The van der Waals surface area contributed by atoms with Crippen molar-refractivity contribution in [2.45, 2.75) is 102 Å². The van der Waals surface area contributed by atoms with Gasteiger partial charge in [0.1, 0.15) is 23.5 Å². The molecular formula is C46H61NO7S2. The maximum absolute atomic E-state index is 10.8. The molecule has 1 aliphatic heterocycles. The molecule has 2 fully saturated rings. The van der Waals surface area contributed by atoms with Crippen molar-refractivity contribution in [1.82, 2.24) is 5.32 Å². The van der Waals surface area contributed by atoms with Gasteiger partial charge in [0.2, 0.25) is 11.8 Å². The van der Waals surface area contributed by atoms with E-state index in [-0.39, 0.29) is 30.3 Å². The standard InChI is InChI=1S/C26H26O4.C12H22OS2.C8H13NO2/c1-19-8-15-25(30-19)18-29-26(20-6-4-3-5-7-20,21-9-13-23(27)14-10-21)22-11-16-24(28-2)17-12-22;1-4-12(15-14-6-5-13)8-10(2)7-11(3)9-12;1-3-5-7(10)9-8(11)6-4-2/h3-7,9-14,16-19,27H,8,15H2,1-2H3;11,13H,2,4-9H2,1,3H3;3,5H,4,6H2,1-2H3,(H,9,10,11)/b25-18-;;5-3-. The summed E-state index contributed by atoms with van der Waals surface area (Å²) in [5.41, 5.74) is 3.32. The average molecular weight is 804 g/mol. The Kier molecular flexibility index (Phi) is 19.7. The van der Waals surface area contributed by atoms with E-state index in [2.05, 4.69) is 32.7 Å². The van der Waals surface area contributed by atoms with Crippen LogP contribution in [0.5, 0.6) is 11.5 Å². The van der Waals surface area contributed by atoms with Gasteiger partial charge in [0, 0.05) is 40.0 Å². The topological polar surface area (TPSA) is 114 Å². The first-order chi connectivity index (χ1) is 26.9. The lowest BCUT2D eigenvalue weighted by atomic mass is 9.78. The number of amides is 2. The maximum atomic E-state index is 10.8. The molecule has 304 valence electrons. The first-order valence-electron chi connectivity index (χ1n) is 19.5. The number of phenols is 1. The Balaban J connectivity index is 0.000000269. The second kappa shape index (κ2) is 23.8. The summed E-state index contributed by atoms with van der Waals surface area (Å²) in [5, 5.41) is 20.9. The Labute approximate surface area is 342 Å². The van der Waals surface area contributed by atoms with Gasteiger partial charge in [0.25, 0.3) is 0 Å². The van der Waals surface area contributed by atoms with Gasteiger partial charge in [-0.05, 0) is 88.6 Å². The molecule has 0 bridgehead atoms. The smallest absolute Gasteiger partial charge is 0.250 e. The highest BCUT2D eigenvalue weighted by Crippen LogP contribution is 2.50. The minimum Gasteiger partial charge on any atom is -0.508 e. The largest absolute Gasteiger partial charge is 0.508 e.